The number of benzene rings is 1. The number of esters is 1. The zero-order valence-electron chi connectivity index (χ0n) is 12.5. The van der Waals surface area contributed by atoms with Crippen LogP contribution in [-0.2, 0) is 20.9 Å². The summed E-state index contributed by atoms with van der Waals surface area (Å²) in [5.41, 5.74) is 0.985. The molecule has 5 heteroatoms. The van der Waals surface area contributed by atoms with Gasteiger partial charge in [-0.25, -0.2) is 9.59 Å². The van der Waals surface area contributed by atoms with E-state index in [0.717, 1.165) is 5.56 Å². The van der Waals surface area contributed by atoms with Crippen LogP contribution in [0.1, 0.15) is 5.56 Å². The molecule has 1 aromatic carbocycles. The van der Waals surface area contributed by atoms with E-state index < -0.39 is 0 Å². The van der Waals surface area contributed by atoms with Gasteiger partial charge in [0.25, 0.3) is 0 Å². The molecule has 0 N–H and O–H groups in total. The molecule has 1 heterocycles. The van der Waals surface area contributed by atoms with Crippen molar-refractivity contribution in [1.29, 1.82) is 0 Å². The second-order valence-electron chi connectivity index (χ2n) is 5.73. The summed E-state index contributed by atoms with van der Waals surface area (Å²) in [5, 5.41) is 0. The Morgan fingerprint density at radius 3 is 2.55 bits per heavy atom. The van der Waals surface area contributed by atoms with Crippen molar-refractivity contribution >= 4 is 12.1 Å². The number of hydrogen-bond donors (Lipinski definition) is 0. The van der Waals surface area contributed by atoms with Gasteiger partial charge in [-0.2, -0.15) is 0 Å². The molecule has 3 atom stereocenters. The molecule has 2 aliphatic rings. The third-order valence-corrected chi connectivity index (χ3v) is 4.38. The number of hydrogen-bond acceptors (Lipinski definition) is 4. The van der Waals surface area contributed by atoms with Crippen molar-refractivity contribution in [1.82, 2.24) is 4.90 Å². The van der Waals surface area contributed by atoms with Crippen molar-refractivity contribution in [2.45, 2.75) is 6.61 Å². The predicted octanol–water partition coefficient (Wildman–Crippen LogP) is 2.23. The fraction of sp³-hybridized carbons (Fsp3) is 0.412. The average molecular weight is 301 g/mol. The molecule has 116 valence electrons. The third kappa shape index (κ3) is 3.13. The molecular formula is C17H19NO4. The Hall–Kier alpha value is -2.30. The number of methoxy groups -OCH3 is 1. The highest BCUT2D eigenvalue weighted by Crippen LogP contribution is 2.52. The van der Waals surface area contributed by atoms with E-state index in [1.54, 1.807) is 4.90 Å². The highest BCUT2D eigenvalue weighted by atomic mass is 16.6. The van der Waals surface area contributed by atoms with E-state index in [0.29, 0.717) is 37.5 Å². The van der Waals surface area contributed by atoms with Crippen LogP contribution >= 0.6 is 0 Å². The molecule has 1 amide bonds. The van der Waals surface area contributed by atoms with Crippen LogP contribution in [0.15, 0.2) is 42.5 Å². The first-order valence-corrected chi connectivity index (χ1v) is 7.41. The lowest BCUT2D eigenvalue weighted by Crippen LogP contribution is -2.31. The van der Waals surface area contributed by atoms with Gasteiger partial charge in [-0.1, -0.05) is 36.4 Å². The number of allylic oxidation sites excluding steroid dienone is 1. The summed E-state index contributed by atoms with van der Waals surface area (Å²) >= 11 is 0. The van der Waals surface area contributed by atoms with Gasteiger partial charge in [-0.05, 0) is 23.3 Å². The van der Waals surface area contributed by atoms with E-state index in [9.17, 15) is 9.59 Å². The smallest absolute Gasteiger partial charge is 0.410 e. The van der Waals surface area contributed by atoms with Crippen molar-refractivity contribution in [3.63, 3.8) is 0 Å². The highest BCUT2D eigenvalue weighted by Gasteiger charge is 2.55. The first-order valence-electron chi connectivity index (χ1n) is 7.41. The molecule has 1 aliphatic heterocycles. The second kappa shape index (κ2) is 6.22. The Balaban J connectivity index is 1.43. The zero-order chi connectivity index (χ0) is 15.5. The van der Waals surface area contributed by atoms with Gasteiger partial charge in [-0.3, -0.25) is 0 Å². The summed E-state index contributed by atoms with van der Waals surface area (Å²) in [6.45, 7) is 1.71. The van der Waals surface area contributed by atoms with Gasteiger partial charge in [0.15, 0.2) is 0 Å². The molecule has 5 nitrogen and oxygen atoms in total. The number of likely N-dealkylation sites (tertiary alicyclic amines) is 1. The summed E-state index contributed by atoms with van der Waals surface area (Å²) in [6.07, 6.45) is 3.11. The fourth-order valence-electron chi connectivity index (χ4n) is 3.08. The van der Waals surface area contributed by atoms with Gasteiger partial charge in [0, 0.05) is 19.2 Å². The number of carbonyl (C=O) groups excluding carboxylic acids is 2. The molecule has 2 fully saturated rings. The van der Waals surface area contributed by atoms with E-state index in [1.807, 2.05) is 36.4 Å². The molecule has 1 aromatic rings. The maximum absolute atomic E-state index is 12.0. The number of fused-ring (bicyclic) bond motifs is 1. The standard InChI is InChI=1S/C17H19NO4/c1-21-16(19)8-7-13-14-9-18(10-15(13)14)17(20)22-11-12-5-3-2-4-6-12/h2-8,13-15H,9-11H2,1H3/b8-7+/t13?,14-,15+. The maximum atomic E-state index is 12.0. The lowest BCUT2D eigenvalue weighted by molar-refractivity contribution is -0.134. The minimum Gasteiger partial charge on any atom is -0.466 e. The molecule has 22 heavy (non-hydrogen) atoms. The molecule has 0 spiro atoms. The van der Waals surface area contributed by atoms with Gasteiger partial charge >= 0.3 is 12.1 Å². The first-order chi connectivity index (χ1) is 10.7. The third-order valence-electron chi connectivity index (χ3n) is 4.38. The topological polar surface area (TPSA) is 55.8 Å². The molecule has 1 saturated heterocycles. The first kappa shape index (κ1) is 14.6. The molecule has 3 rings (SSSR count). The van der Waals surface area contributed by atoms with Crippen LogP contribution in [0.2, 0.25) is 0 Å². The second-order valence-corrected chi connectivity index (χ2v) is 5.73. The minimum atomic E-state index is -0.330. The lowest BCUT2D eigenvalue weighted by Gasteiger charge is -2.18. The van der Waals surface area contributed by atoms with Crippen LogP contribution in [0.3, 0.4) is 0 Å². The van der Waals surface area contributed by atoms with Crippen LogP contribution in [0.4, 0.5) is 4.79 Å². The molecule has 1 aliphatic carbocycles. The van der Waals surface area contributed by atoms with Gasteiger partial charge in [0.1, 0.15) is 6.61 Å². The Morgan fingerprint density at radius 1 is 1.23 bits per heavy atom. The monoisotopic (exact) mass is 301 g/mol. The van der Waals surface area contributed by atoms with Crippen molar-refractivity contribution in [3.8, 4) is 0 Å². The van der Waals surface area contributed by atoms with Gasteiger partial charge in [0.05, 0.1) is 7.11 Å². The van der Waals surface area contributed by atoms with Crippen molar-refractivity contribution in [2.24, 2.45) is 17.8 Å². The summed E-state index contributed by atoms with van der Waals surface area (Å²) < 4.78 is 9.90. The van der Waals surface area contributed by atoms with Crippen LogP contribution in [0.25, 0.3) is 0 Å². The molecular weight excluding hydrogens is 282 g/mol. The van der Waals surface area contributed by atoms with Gasteiger partial charge in [-0.15, -0.1) is 0 Å². The van der Waals surface area contributed by atoms with Crippen LogP contribution in [-0.4, -0.2) is 37.2 Å². The molecule has 0 aromatic heterocycles. The van der Waals surface area contributed by atoms with E-state index in [2.05, 4.69) is 4.74 Å². The van der Waals surface area contributed by atoms with Crippen molar-refractivity contribution < 1.29 is 19.1 Å². The number of rotatable bonds is 4. The SMILES string of the molecule is COC(=O)/C=C/C1[C@H]2CN(C(=O)OCc3ccccc3)C[C@@H]12. The number of amides is 1. The van der Waals surface area contributed by atoms with E-state index in [4.69, 9.17) is 4.74 Å². The number of piperidine rings is 1. The summed E-state index contributed by atoms with van der Waals surface area (Å²) in [4.78, 5) is 24.8. The minimum absolute atomic E-state index is 0.258. The number of nitrogens with zero attached hydrogens (tertiary/aromatic N) is 1. The zero-order valence-corrected chi connectivity index (χ0v) is 12.5. The molecule has 1 saturated carbocycles. The summed E-state index contributed by atoms with van der Waals surface area (Å²) in [6, 6.07) is 9.64. The summed E-state index contributed by atoms with van der Waals surface area (Å²) in [7, 11) is 1.37. The Kier molecular flexibility index (Phi) is 4.13. The largest absolute Gasteiger partial charge is 0.466 e. The van der Waals surface area contributed by atoms with Crippen LogP contribution in [0, 0.1) is 17.8 Å². The lowest BCUT2D eigenvalue weighted by atomic mass is 10.2. The van der Waals surface area contributed by atoms with E-state index in [1.165, 1.54) is 13.2 Å². The molecule has 0 bridgehead atoms. The van der Waals surface area contributed by atoms with E-state index >= 15 is 0 Å². The quantitative estimate of drug-likeness (QED) is 0.632. The van der Waals surface area contributed by atoms with Gasteiger partial charge < -0.3 is 14.4 Å². The van der Waals surface area contributed by atoms with Crippen molar-refractivity contribution in [2.75, 3.05) is 20.2 Å². The maximum Gasteiger partial charge on any atom is 0.410 e. The van der Waals surface area contributed by atoms with Crippen LogP contribution < -0.4 is 0 Å². The summed E-state index contributed by atoms with van der Waals surface area (Å²) in [5.74, 6) is 0.955. The Labute approximate surface area is 129 Å². The van der Waals surface area contributed by atoms with Crippen molar-refractivity contribution in [3.05, 3.63) is 48.0 Å². The molecule has 0 radical (unpaired) electrons. The number of ether oxygens (including phenoxy) is 2. The molecule has 1 unspecified atom stereocenters. The average Bonchev–Trinajstić information content (AvgIpc) is 3.00. The Bertz CT molecular complexity index is 572. The predicted molar refractivity (Wildman–Crippen MR) is 79.8 cm³/mol. The van der Waals surface area contributed by atoms with E-state index in [-0.39, 0.29) is 12.1 Å². The fourth-order valence-corrected chi connectivity index (χ4v) is 3.08. The number of carbonyl (C=O) groups is 2. The van der Waals surface area contributed by atoms with Crippen LogP contribution in [0.5, 0.6) is 0 Å². The highest BCUT2D eigenvalue weighted by molar-refractivity contribution is 5.81. The normalized spacial score (nSPS) is 25.9. The Morgan fingerprint density at radius 2 is 1.91 bits per heavy atom. The van der Waals surface area contributed by atoms with Gasteiger partial charge in [0.2, 0.25) is 0 Å².